The van der Waals surface area contributed by atoms with Crippen LogP contribution >= 0.6 is 0 Å². The summed E-state index contributed by atoms with van der Waals surface area (Å²) in [6.07, 6.45) is 3.54. The van der Waals surface area contributed by atoms with E-state index in [0.29, 0.717) is 49.6 Å². The first-order valence-electron chi connectivity index (χ1n) is 12.6. The summed E-state index contributed by atoms with van der Waals surface area (Å²) in [5, 5.41) is 13.0. The first-order chi connectivity index (χ1) is 17.5. The molecule has 2 aromatic rings. The van der Waals surface area contributed by atoms with E-state index in [-0.39, 0.29) is 12.6 Å². The summed E-state index contributed by atoms with van der Waals surface area (Å²) >= 11 is 0. The third-order valence-electron chi connectivity index (χ3n) is 6.62. The fourth-order valence-corrected chi connectivity index (χ4v) is 4.45. The lowest BCUT2D eigenvalue weighted by Crippen LogP contribution is -2.50. The van der Waals surface area contributed by atoms with Crippen LogP contribution in [0.15, 0.2) is 24.5 Å². The molecule has 1 atom stereocenters. The van der Waals surface area contributed by atoms with E-state index < -0.39 is 24.2 Å². The minimum absolute atomic E-state index is 0.217. The van der Waals surface area contributed by atoms with Crippen molar-refractivity contribution >= 4 is 29.2 Å². The van der Waals surface area contributed by atoms with Crippen molar-refractivity contribution in [2.45, 2.75) is 57.2 Å². The van der Waals surface area contributed by atoms with Gasteiger partial charge in [0.05, 0.1) is 31.2 Å². The second kappa shape index (κ2) is 9.55. The molecule has 1 amide bonds. The first-order valence-corrected chi connectivity index (χ1v) is 12.6. The monoisotopic (exact) mass is 517 g/mol. The van der Waals surface area contributed by atoms with Gasteiger partial charge in [-0.1, -0.05) is 0 Å². The molecule has 2 N–H and O–H groups in total. The Hall–Kier alpha value is -3.28. The second-order valence-electron chi connectivity index (χ2n) is 10.9. The van der Waals surface area contributed by atoms with Crippen LogP contribution < -0.4 is 15.1 Å². The third kappa shape index (κ3) is 6.00. The Bertz CT molecular complexity index is 1130. The standard InChI is InChI=1S/C25H33F2N7O3/c1-24(2,3)37-23(36)33-8-6-32(7-9-33)17-10-20(30-21-13-28-18(12-29-21)16-4-5-16)31-22(11-17)34-14-19(35)25(26,27)15-34/h10-13,16,19,35H,4-9,14-15H2,1-3H3,(H,29,30,31). The molecule has 4 heterocycles. The van der Waals surface area contributed by atoms with Crippen molar-refractivity contribution in [3.63, 3.8) is 0 Å². The quantitative estimate of drug-likeness (QED) is 0.617. The van der Waals surface area contributed by atoms with Crippen molar-refractivity contribution in [2.24, 2.45) is 0 Å². The highest BCUT2D eigenvalue weighted by Crippen LogP contribution is 2.39. The van der Waals surface area contributed by atoms with Crippen molar-refractivity contribution < 1.29 is 23.4 Å². The summed E-state index contributed by atoms with van der Waals surface area (Å²) in [5.41, 5.74) is 1.16. The van der Waals surface area contributed by atoms with Crippen molar-refractivity contribution in [3.05, 3.63) is 30.2 Å². The van der Waals surface area contributed by atoms with Crippen LogP contribution in [0.3, 0.4) is 0 Å². The average Bonchev–Trinajstić information content (AvgIpc) is 3.64. The van der Waals surface area contributed by atoms with Gasteiger partial charge in [-0.2, -0.15) is 0 Å². The van der Waals surface area contributed by atoms with Gasteiger partial charge in [-0.05, 0) is 33.6 Å². The molecule has 5 rings (SSSR count). The highest BCUT2D eigenvalue weighted by atomic mass is 19.3. The molecule has 1 unspecified atom stereocenters. The Morgan fingerprint density at radius 3 is 2.38 bits per heavy atom. The number of amides is 1. The molecule has 0 aromatic carbocycles. The van der Waals surface area contributed by atoms with E-state index in [1.807, 2.05) is 26.8 Å². The van der Waals surface area contributed by atoms with Gasteiger partial charge in [0.25, 0.3) is 5.92 Å². The van der Waals surface area contributed by atoms with Crippen LogP contribution in [0.2, 0.25) is 0 Å². The number of carbonyl (C=O) groups excluding carboxylic acids is 1. The SMILES string of the molecule is CC(C)(C)OC(=O)N1CCN(c2cc(Nc3cnc(C4CC4)cn3)nc(N3CC(O)C(F)(F)C3)c2)CC1. The number of aliphatic hydroxyl groups is 1. The first kappa shape index (κ1) is 25.4. The summed E-state index contributed by atoms with van der Waals surface area (Å²) in [6, 6.07) is 3.57. The van der Waals surface area contributed by atoms with Gasteiger partial charge in [-0.3, -0.25) is 4.98 Å². The van der Waals surface area contributed by atoms with E-state index in [9.17, 15) is 18.7 Å². The smallest absolute Gasteiger partial charge is 0.410 e. The lowest BCUT2D eigenvalue weighted by atomic mass is 10.2. The van der Waals surface area contributed by atoms with Gasteiger partial charge in [0, 0.05) is 49.9 Å². The molecule has 2 aliphatic heterocycles. The largest absolute Gasteiger partial charge is 0.444 e. The van der Waals surface area contributed by atoms with Crippen molar-refractivity contribution in [1.29, 1.82) is 0 Å². The fraction of sp³-hybridized carbons (Fsp3) is 0.600. The highest BCUT2D eigenvalue weighted by molar-refractivity contribution is 5.69. The van der Waals surface area contributed by atoms with Crippen LogP contribution in [0.5, 0.6) is 0 Å². The number of halogens is 2. The summed E-state index contributed by atoms with van der Waals surface area (Å²) in [7, 11) is 0. The van der Waals surface area contributed by atoms with E-state index in [2.05, 4.69) is 25.2 Å². The number of alkyl halides is 2. The number of piperazine rings is 1. The van der Waals surface area contributed by atoms with Crippen LogP contribution in [-0.4, -0.2) is 87.9 Å². The van der Waals surface area contributed by atoms with Gasteiger partial charge in [0.15, 0.2) is 0 Å². The molecular formula is C25H33F2N7O3. The van der Waals surface area contributed by atoms with Gasteiger partial charge in [0.2, 0.25) is 0 Å². The fourth-order valence-electron chi connectivity index (χ4n) is 4.45. The molecule has 2 aromatic heterocycles. The lowest BCUT2D eigenvalue weighted by molar-refractivity contribution is -0.0712. The van der Waals surface area contributed by atoms with Gasteiger partial charge in [-0.15, -0.1) is 0 Å². The molecule has 37 heavy (non-hydrogen) atoms. The minimum Gasteiger partial charge on any atom is -0.444 e. The number of rotatable bonds is 5. The molecule has 10 nitrogen and oxygen atoms in total. The molecule has 1 aliphatic carbocycles. The van der Waals surface area contributed by atoms with E-state index in [4.69, 9.17) is 4.74 Å². The van der Waals surface area contributed by atoms with Gasteiger partial charge in [0.1, 0.15) is 29.2 Å². The third-order valence-corrected chi connectivity index (χ3v) is 6.62. The predicted octanol–water partition coefficient (Wildman–Crippen LogP) is 3.37. The van der Waals surface area contributed by atoms with Crippen LogP contribution in [0.1, 0.15) is 45.2 Å². The molecule has 3 fully saturated rings. The molecule has 0 spiro atoms. The molecule has 200 valence electrons. The van der Waals surface area contributed by atoms with Crippen LogP contribution in [0, 0.1) is 0 Å². The molecule has 2 saturated heterocycles. The molecule has 12 heteroatoms. The maximum absolute atomic E-state index is 14.1. The number of nitrogens with zero attached hydrogens (tertiary/aromatic N) is 6. The van der Waals surface area contributed by atoms with Crippen LogP contribution in [-0.2, 0) is 4.74 Å². The van der Waals surface area contributed by atoms with E-state index in [1.54, 1.807) is 23.4 Å². The Kier molecular flexibility index (Phi) is 6.55. The molecule has 0 radical (unpaired) electrons. The molecule has 3 aliphatic rings. The van der Waals surface area contributed by atoms with Crippen LogP contribution in [0.25, 0.3) is 0 Å². The molecule has 0 bridgehead atoms. The van der Waals surface area contributed by atoms with Crippen molar-refractivity contribution in [2.75, 3.05) is 54.4 Å². The Labute approximate surface area is 214 Å². The lowest BCUT2D eigenvalue weighted by Gasteiger charge is -2.37. The summed E-state index contributed by atoms with van der Waals surface area (Å²) in [5.74, 6) is -1.47. The maximum atomic E-state index is 14.1. The second-order valence-corrected chi connectivity index (χ2v) is 10.9. The number of hydrogen-bond acceptors (Lipinski definition) is 9. The molecule has 1 saturated carbocycles. The number of nitrogens with one attached hydrogen (secondary N) is 1. The Morgan fingerprint density at radius 2 is 1.81 bits per heavy atom. The number of carbonyl (C=O) groups is 1. The van der Waals surface area contributed by atoms with Gasteiger partial charge in [-0.25, -0.2) is 23.5 Å². The maximum Gasteiger partial charge on any atom is 0.410 e. The summed E-state index contributed by atoms with van der Waals surface area (Å²) < 4.78 is 33.7. The Balaban J connectivity index is 1.35. The predicted molar refractivity (Wildman–Crippen MR) is 135 cm³/mol. The van der Waals surface area contributed by atoms with Crippen LogP contribution in [0.4, 0.5) is 36.7 Å². The van der Waals surface area contributed by atoms with Gasteiger partial charge >= 0.3 is 6.09 Å². The number of aliphatic hydroxyl groups excluding tert-OH is 1. The molecular weight excluding hydrogens is 484 g/mol. The topological polar surface area (TPSA) is 107 Å². The van der Waals surface area contributed by atoms with Crippen molar-refractivity contribution in [3.8, 4) is 0 Å². The highest BCUT2D eigenvalue weighted by Gasteiger charge is 2.47. The zero-order valence-corrected chi connectivity index (χ0v) is 21.3. The number of aromatic nitrogens is 3. The zero-order valence-electron chi connectivity index (χ0n) is 21.3. The Morgan fingerprint density at radius 1 is 1.08 bits per heavy atom. The number of ether oxygens (including phenoxy) is 1. The average molecular weight is 518 g/mol. The van der Waals surface area contributed by atoms with E-state index in [1.165, 1.54) is 4.90 Å². The number of anilines is 4. The normalized spacial score (nSPS) is 21.8. The van der Waals surface area contributed by atoms with Crippen molar-refractivity contribution in [1.82, 2.24) is 19.9 Å². The van der Waals surface area contributed by atoms with E-state index in [0.717, 1.165) is 24.2 Å². The number of β-amino-alcohol motifs (C(OH)–C–C–N with tert-alkyl or cyclic N) is 1. The number of pyridine rings is 1. The zero-order chi connectivity index (χ0) is 26.4. The van der Waals surface area contributed by atoms with E-state index >= 15 is 0 Å². The minimum atomic E-state index is -3.21. The summed E-state index contributed by atoms with van der Waals surface area (Å²) in [4.78, 5) is 31.0. The summed E-state index contributed by atoms with van der Waals surface area (Å²) in [6.45, 7) is 6.66. The number of hydrogen-bond donors (Lipinski definition) is 2. The van der Waals surface area contributed by atoms with Gasteiger partial charge < -0.3 is 29.9 Å².